The van der Waals surface area contributed by atoms with Gasteiger partial charge in [-0.25, -0.2) is 0 Å². The van der Waals surface area contributed by atoms with Gasteiger partial charge < -0.3 is 15.7 Å². The highest BCUT2D eigenvalue weighted by Crippen LogP contribution is 2.38. The highest BCUT2D eigenvalue weighted by molar-refractivity contribution is 7.80. The lowest BCUT2D eigenvalue weighted by Gasteiger charge is -2.18. The number of hydrogen-bond acceptors (Lipinski definition) is 3. The lowest BCUT2D eigenvalue weighted by Crippen LogP contribution is -2.32. The number of nitrogens with two attached hydrogens (primary N) is 1. The molecule has 0 aromatic heterocycles. The summed E-state index contributed by atoms with van der Waals surface area (Å²) < 4.78 is 0. The quantitative estimate of drug-likeness (QED) is 0.821. The number of rotatable bonds is 3. The average Bonchev–Trinajstić information content (AvgIpc) is 3.02. The van der Waals surface area contributed by atoms with Gasteiger partial charge >= 0.3 is 0 Å². The second-order valence-electron chi connectivity index (χ2n) is 6.11. The third kappa shape index (κ3) is 2.94. The van der Waals surface area contributed by atoms with E-state index in [0.29, 0.717) is 23.9 Å². The van der Waals surface area contributed by atoms with Crippen LogP contribution in [-0.2, 0) is 11.2 Å². The summed E-state index contributed by atoms with van der Waals surface area (Å²) in [6.07, 6.45) is 2.10. The zero-order valence-electron chi connectivity index (χ0n) is 11.9. The molecule has 3 rings (SSSR count). The Morgan fingerprint density at radius 2 is 2.00 bits per heavy atom. The van der Waals surface area contributed by atoms with Crippen molar-refractivity contribution in [3.05, 3.63) is 35.4 Å². The minimum absolute atomic E-state index is 0.139. The van der Waals surface area contributed by atoms with Gasteiger partial charge in [0.2, 0.25) is 5.91 Å². The maximum absolute atomic E-state index is 12.4. The zero-order chi connectivity index (χ0) is 15.0. The van der Waals surface area contributed by atoms with E-state index in [1.54, 1.807) is 0 Å². The van der Waals surface area contributed by atoms with Gasteiger partial charge in [-0.2, -0.15) is 0 Å². The Labute approximate surface area is 129 Å². The Morgan fingerprint density at radius 3 is 2.62 bits per heavy atom. The summed E-state index contributed by atoms with van der Waals surface area (Å²) in [5.74, 6) is 0.909. The molecule has 1 heterocycles. The Hall–Kier alpha value is -1.46. The van der Waals surface area contributed by atoms with E-state index in [2.05, 4.69) is 0 Å². The SMILES string of the molecule is NC(=S)c1ccc(CC(=O)N2CC3CCC(O)C3C2)cc1. The molecule has 4 nitrogen and oxygen atoms in total. The Kier molecular flexibility index (Phi) is 3.95. The van der Waals surface area contributed by atoms with Crippen molar-refractivity contribution in [2.45, 2.75) is 25.4 Å². The minimum Gasteiger partial charge on any atom is -0.393 e. The number of benzene rings is 1. The summed E-state index contributed by atoms with van der Waals surface area (Å²) in [6, 6.07) is 7.51. The fourth-order valence-corrected chi connectivity index (χ4v) is 3.65. The molecular formula is C16H20N2O2S. The smallest absolute Gasteiger partial charge is 0.227 e. The van der Waals surface area contributed by atoms with Crippen LogP contribution in [0.1, 0.15) is 24.0 Å². The molecule has 0 radical (unpaired) electrons. The summed E-state index contributed by atoms with van der Waals surface area (Å²) in [5, 5.41) is 9.91. The first-order valence-electron chi connectivity index (χ1n) is 7.39. The van der Waals surface area contributed by atoms with E-state index in [1.165, 1.54) is 0 Å². The second-order valence-corrected chi connectivity index (χ2v) is 6.55. The summed E-state index contributed by atoms with van der Waals surface area (Å²) in [7, 11) is 0. The molecule has 0 spiro atoms. The maximum atomic E-state index is 12.4. The largest absolute Gasteiger partial charge is 0.393 e. The number of amides is 1. The van der Waals surface area contributed by atoms with E-state index in [4.69, 9.17) is 18.0 Å². The molecule has 3 atom stereocenters. The molecule has 2 fully saturated rings. The van der Waals surface area contributed by atoms with Gasteiger partial charge in [-0.05, 0) is 24.3 Å². The lowest BCUT2D eigenvalue weighted by atomic mass is 10.00. The molecule has 1 saturated carbocycles. The van der Waals surface area contributed by atoms with E-state index in [0.717, 1.165) is 30.5 Å². The van der Waals surface area contributed by atoms with Crippen LogP contribution in [0.25, 0.3) is 0 Å². The van der Waals surface area contributed by atoms with Crippen LogP contribution in [0.15, 0.2) is 24.3 Å². The molecule has 1 aliphatic heterocycles. The van der Waals surface area contributed by atoms with Gasteiger partial charge in [0.25, 0.3) is 0 Å². The summed E-state index contributed by atoms with van der Waals surface area (Å²) >= 11 is 4.92. The standard InChI is InChI=1S/C16H20N2O2S/c17-16(21)11-3-1-10(2-4-11)7-15(20)18-8-12-5-6-14(19)13(12)9-18/h1-4,12-14,19H,5-9H2,(H2,17,21). The fourth-order valence-electron chi connectivity index (χ4n) is 3.51. The second kappa shape index (κ2) is 5.73. The molecule has 5 heteroatoms. The fraction of sp³-hybridized carbons (Fsp3) is 0.500. The minimum atomic E-state index is -0.224. The van der Waals surface area contributed by atoms with Crippen molar-refractivity contribution in [3.8, 4) is 0 Å². The van der Waals surface area contributed by atoms with E-state index in [-0.39, 0.29) is 17.9 Å². The molecule has 0 bridgehead atoms. The third-order valence-corrected chi connectivity index (χ3v) is 5.00. The van der Waals surface area contributed by atoms with Crippen LogP contribution in [0, 0.1) is 11.8 Å². The third-order valence-electron chi connectivity index (χ3n) is 4.77. The van der Waals surface area contributed by atoms with E-state index >= 15 is 0 Å². The topological polar surface area (TPSA) is 66.6 Å². The van der Waals surface area contributed by atoms with Crippen LogP contribution in [0.3, 0.4) is 0 Å². The Bertz CT molecular complexity index is 558. The summed E-state index contributed by atoms with van der Waals surface area (Å²) in [6.45, 7) is 1.50. The van der Waals surface area contributed by atoms with Crippen molar-refractivity contribution in [1.82, 2.24) is 4.90 Å². The lowest BCUT2D eigenvalue weighted by molar-refractivity contribution is -0.129. The van der Waals surface area contributed by atoms with Gasteiger partial charge in [0, 0.05) is 24.6 Å². The first-order chi connectivity index (χ1) is 10.0. The van der Waals surface area contributed by atoms with Crippen molar-refractivity contribution < 1.29 is 9.90 Å². The van der Waals surface area contributed by atoms with Crippen LogP contribution in [0.2, 0.25) is 0 Å². The molecule has 1 aliphatic carbocycles. The number of nitrogens with zero attached hydrogens (tertiary/aromatic N) is 1. The van der Waals surface area contributed by atoms with E-state index in [1.807, 2.05) is 29.2 Å². The first kappa shape index (κ1) is 14.5. The molecular weight excluding hydrogens is 284 g/mol. The van der Waals surface area contributed by atoms with Crippen molar-refractivity contribution in [3.63, 3.8) is 0 Å². The highest BCUT2D eigenvalue weighted by atomic mass is 32.1. The van der Waals surface area contributed by atoms with Gasteiger partial charge in [0.15, 0.2) is 0 Å². The zero-order valence-corrected chi connectivity index (χ0v) is 12.7. The van der Waals surface area contributed by atoms with Gasteiger partial charge in [-0.3, -0.25) is 4.79 Å². The normalized spacial score (nSPS) is 27.7. The highest BCUT2D eigenvalue weighted by Gasteiger charge is 2.43. The van der Waals surface area contributed by atoms with E-state index < -0.39 is 0 Å². The number of fused-ring (bicyclic) bond motifs is 1. The van der Waals surface area contributed by atoms with Crippen molar-refractivity contribution >= 4 is 23.1 Å². The maximum Gasteiger partial charge on any atom is 0.227 e. The number of carbonyl (C=O) groups excluding carboxylic acids is 1. The van der Waals surface area contributed by atoms with Gasteiger partial charge in [0.1, 0.15) is 4.99 Å². The van der Waals surface area contributed by atoms with Crippen molar-refractivity contribution in [2.24, 2.45) is 17.6 Å². The monoisotopic (exact) mass is 304 g/mol. The van der Waals surface area contributed by atoms with Gasteiger partial charge in [-0.15, -0.1) is 0 Å². The number of aliphatic hydroxyl groups excluding tert-OH is 1. The molecule has 3 unspecified atom stereocenters. The number of carbonyl (C=O) groups is 1. The predicted octanol–water partition coefficient (Wildman–Crippen LogP) is 1.09. The van der Waals surface area contributed by atoms with Crippen LogP contribution in [0.5, 0.6) is 0 Å². The average molecular weight is 304 g/mol. The number of hydrogen-bond donors (Lipinski definition) is 2. The van der Waals surface area contributed by atoms with Crippen molar-refractivity contribution in [2.75, 3.05) is 13.1 Å². The summed E-state index contributed by atoms with van der Waals surface area (Å²) in [5.41, 5.74) is 7.35. The molecule has 21 heavy (non-hydrogen) atoms. The molecule has 1 amide bonds. The number of aliphatic hydroxyl groups is 1. The molecule has 1 aromatic carbocycles. The first-order valence-corrected chi connectivity index (χ1v) is 7.80. The Morgan fingerprint density at radius 1 is 1.29 bits per heavy atom. The summed E-state index contributed by atoms with van der Waals surface area (Å²) in [4.78, 5) is 14.6. The number of likely N-dealkylation sites (tertiary alicyclic amines) is 1. The molecule has 3 N–H and O–H groups in total. The van der Waals surface area contributed by atoms with Crippen LogP contribution in [-0.4, -0.2) is 40.1 Å². The van der Waals surface area contributed by atoms with E-state index in [9.17, 15) is 9.90 Å². The van der Waals surface area contributed by atoms with Gasteiger partial charge in [-0.1, -0.05) is 36.5 Å². The molecule has 1 aromatic rings. The predicted molar refractivity (Wildman–Crippen MR) is 84.8 cm³/mol. The molecule has 2 aliphatic rings. The van der Waals surface area contributed by atoms with Gasteiger partial charge in [0.05, 0.1) is 12.5 Å². The Balaban J connectivity index is 1.61. The van der Waals surface area contributed by atoms with Crippen LogP contribution < -0.4 is 5.73 Å². The van der Waals surface area contributed by atoms with Crippen LogP contribution >= 0.6 is 12.2 Å². The molecule has 1 saturated heterocycles. The van der Waals surface area contributed by atoms with Crippen LogP contribution in [0.4, 0.5) is 0 Å². The molecule has 112 valence electrons. The van der Waals surface area contributed by atoms with Crippen molar-refractivity contribution in [1.29, 1.82) is 0 Å². The number of thiocarbonyl (C=S) groups is 1.